The summed E-state index contributed by atoms with van der Waals surface area (Å²) in [7, 11) is 1.62. The van der Waals surface area contributed by atoms with Gasteiger partial charge in [-0.15, -0.1) is 0 Å². The SMILES string of the molecule is CCOC(=O)[C@H](Cc1ccccc1)O[C@H](c1ccc(OC)cc1)[C@H]1COC(C)(C)O1. The van der Waals surface area contributed by atoms with E-state index in [1.807, 2.05) is 68.4 Å². The summed E-state index contributed by atoms with van der Waals surface area (Å²) >= 11 is 0. The summed E-state index contributed by atoms with van der Waals surface area (Å²) < 4.78 is 28.8. The lowest BCUT2D eigenvalue weighted by Crippen LogP contribution is -2.35. The van der Waals surface area contributed by atoms with Crippen molar-refractivity contribution in [2.45, 2.75) is 51.3 Å². The van der Waals surface area contributed by atoms with Gasteiger partial charge in [-0.3, -0.25) is 0 Å². The van der Waals surface area contributed by atoms with Crippen molar-refractivity contribution in [3.8, 4) is 5.75 Å². The van der Waals surface area contributed by atoms with Crippen molar-refractivity contribution in [1.29, 1.82) is 0 Å². The van der Waals surface area contributed by atoms with Gasteiger partial charge in [0.1, 0.15) is 18.0 Å². The van der Waals surface area contributed by atoms with Gasteiger partial charge in [0.05, 0.1) is 20.3 Å². The molecule has 1 saturated heterocycles. The van der Waals surface area contributed by atoms with Crippen molar-refractivity contribution in [2.24, 2.45) is 0 Å². The Kier molecular flexibility index (Phi) is 7.48. The standard InChI is InChI=1S/C24H30O6/c1-5-27-23(25)20(15-17-9-7-6-8-10-17)29-22(21-16-28-24(2,3)30-21)18-11-13-19(26-4)14-12-18/h6-14,20-22H,5,15-16H2,1-4H3/t20-,21+,22+/m0/s1. The summed E-state index contributed by atoms with van der Waals surface area (Å²) in [4.78, 5) is 12.7. The molecule has 1 fully saturated rings. The Morgan fingerprint density at radius 3 is 2.40 bits per heavy atom. The number of hydrogen-bond donors (Lipinski definition) is 0. The fraction of sp³-hybridized carbons (Fsp3) is 0.458. The van der Waals surface area contributed by atoms with E-state index in [1.165, 1.54) is 0 Å². The molecule has 0 spiro atoms. The Hall–Kier alpha value is -2.41. The predicted molar refractivity (Wildman–Crippen MR) is 112 cm³/mol. The second kappa shape index (κ2) is 10.1. The Labute approximate surface area is 178 Å². The first-order valence-corrected chi connectivity index (χ1v) is 10.2. The summed E-state index contributed by atoms with van der Waals surface area (Å²) in [6.45, 7) is 6.17. The van der Waals surface area contributed by atoms with E-state index in [4.69, 9.17) is 23.7 Å². The molecule has 3 atom stereocenters. The highest BCUT2D eigenvalue weighted by Gasteiger charge is 2.40. The summed E-state index contributed by atoms with van der Waals surface area (Å²) in [6.07, 6.45) is -1.23. The monoisotopic (exact) mass is 414 g/mol. The molecule has 0 N–H and O–H groups in total. The number of benzene rings is 2. The first-order chi connectivity index (χ1) is 14.4. The summed E-state index contributed by atoms with van der Waals surface area (Å²) in [5.41, 5.74) is 1.87. The van der Waals surface area contributed by atoms with E-state index in [-0.39, 0.29) is 12.7 Å². The molecule has 0 amide bonds. The van der Waals surface area contributed by atoms with Gasteiger partial charge in [-0.2, -0.15) is 0 Å². The zero-order valence-corrected chi connectivity index (χ0v) is 18.0. The third-order valence-electron chi connectivity index (χ3n) is 4.94. The van der Waals surface area contributed by atoms with Crippen LogP contribution in [0, 0.1) is 0 Å². The number of esters is 1. The van der Waals surface area contributed by atoms with Crippen molar-refractivity contribution < 1.29 is 28.5 Å². The molecule has 2 aromatic rings. The molecule has 0 aromatic heterocycles. The van der Waals surface area contributed by atoms with Crippen LogP contribution in [-0.4, -0.2) is 44.3 Å². The van der Waals surface area contributed by atoms with Gasteiger partial charge in [0, 0.05) is 6.42 Å². The van der Waals surface area contributed by atoms with Gasteiger partial charge < -0.3 is 23.7 Å². The smallest absolute Gasteiger partial charge is 0.335 e. The molecule has 0 unspecified atom stereocenters. The quantitative estimate of drug-likeness (QED) is 0.576. The van der Waals surface area contributed by atoms with Crippen molar-refractivity contribution >= 4 is 5.97 Å². The lowest BCUT2D eigenvalue weighted by molar-refractivity contribution is -0.178. The first kappa shape index (κ1) is 22.3. The summed E-state index contributed by atoms with van der Waals surface area (Å²) in [6, 6.07) is 17.3. The maximum absolute atomic E-state index is 12.7. The Bertz CT molecular complexity index is 802. The largest absolute Gasteiger partial charge is 0.497 e. The molecule has 6 nitrogen and oxygen atoms in total. The van der Waals surface area contributed by atoms with Crippen LogP contribution >= 0.6 is 0 Å². The molecule has 0 aliphatic carbocycles. The minimum Gasteiger partial charge on any atom is -0.497 e. The van der Waals surface area contributed by atoms with Gasteiger partial charge in [-0.25, -0.2) is 4.79 Å². The van der Waals surface area contributed by atoms with E-state index >= 15 is 0 Å². The average Bonchev–Trinajstić information content (AvgIpc) is 3.11. The van der Waals surface area contributed by atoms with E-state index in [0.717, 1.165) is 16.9 Å². The highest BCUT2D eigenvalue weighted by atomic mass is 16.7. The lowest BCUT2D eigenvalue weighted by Gasteiger charge is -2.28. The van der Waals surface area contributed by atoms with Crippen LogP contribution in [0.4, 0.5) is 0 Å². The maximum atomic E-state index is 12.7. The van der Waals surface area contributed by atoms with Crippen molar-refractivity contribution in [2.75, 3.05) is 20.3 Å². The van der Waals surface area contributed by atoms with Gasteiger partial charge in [0.15, 0.2) is 11.9 Å². The minimum atomic E-state index is -0.772. The number of methoxy groups -OCH3 is 1. The molecule has 0 radical (unpaired) electrons. The highest BCUT2D eigenvalue weighted by molar-refractivity contribution is 5.75. The van der Waals surface area contributed by atoms with Gasteiger partial charge in [-0.05, 0) is 44.0 Å². The van der Waals surface area contributed by atoms with Gasteiger partial charge in [0.25, 0.3) is 0 Å². The minimum absolute atomic E-state index is 0.288. The third-order valence-corrected chi connectivity index (χ3v) is 4.94. The van der Waals surface area contributed by atoms with Crippen LogP contribution in [0.5, 0.6) is 5.75 Å². The van der Waals surface area contributed by atoms with E-state index in [0.29, 0.717) is 13.0 Å². The number of carbonyl (C=O) groups excluding carboxylic acids is 1. The van der Waals surface area contributed by atoms with Crippen LogP contribution in [0.3, 0.4) is 0 Å². The van der Waals surface area contributed by atoms with Crippen LogP contribution in [0.25, 0.3) is 0 Å². The molecule has 3 rings (SSSR count). The average molecular weight is 414 g/mol. The topological polar surface area (TPSA) is 63.2 Å². The van der Waals surface area contributed by atoms with E-state index in [1.54, 1.807) is 14.0 Å². The van der Waals surface area contributed by atoms with Crippen LogP contribution in [0.2, 0.25) is 0 Å². The van der Waals surface area contributed by atoms with E-state index in [2.05, 4.69) is 0 Å². The second-order valence-corrected chi connectivity index (χ2v) is 7.63. The van der Waals surface area contributed by atoms with Crippen molar-refractivity contribution in [1.82, 2.24) is 0 Å². The third kappa shape index (κ3) is 5.81. The lowest BCUT2D eigenvalue weighted by atomic mass is 10.0. The van der Waals surface area contributed by atoms with Gasteiger partial charge in [-0.1, -0.05) is 42.5 Å². The number of ether oxygens (including phenoxy) is 5. The molecule has 1 aliphatic heterocycles. The number of carbonyl (C=O) groups is 1. The highest BCUT2D eigenvalue weighted by Crippen LogP contribution is 2.35. The maximum Gasteiger partial charge on any atom is 0.335 e. The van der Waals surface area contributed by atoms with Crippen LogP contribution in [0.15, 0.2) is 54.6 Å². The molecular weight excluding hydrogens is 384 g/mol. The second-order valence-electron chi connectivity index (χ2n) is 7.63. The van der Waals surface area contributed by atoms with Crippen LogP contribution < -0.4 is 4.74 Å². The Morgan fingerprint density at radius 1 is 1.13 bits per heavy atom. The van der Waals surface area contributed by atoms with Crippen molar-refractivity contribution in [3.05, 3.63) is 65.7 Å². The molecular formula is C24H30O6. The molecule has 162 valence electrons. The number of rotatable bonds is 9. The van der Waals surface area contributed by atoms with Gasteiger partial charge >= 0.3 is 5.97 Å². The van der Waals surface area contributed by atoms with Gasteiger partial charge in [0.2, 0.25) is 0 Å². The Balaban J connectivity index is 1.87. The van der Waals surface area contributed by atoms with Crippen molar-refractivity contribution in [3.63, 3.8) is 0 Å². The van der Waals surface area contributed by atoms with Crippen LogP contribution in [-0.2, 0) is 30.2 Å². The number of hydrogen-bond acceptors (Lipinski definition) is 6. The molecule has 6 heteroatoms. The fourth-order valence-corrected chi connectivity index (χ4v) is 3.47. The van der Waals surface area contributed by atoms with Crippen LogP contribution in [0.1, 0.15) is 38.0 Å². The van der Waals surface area contributed by atoms with E-state index < -0.39 is 24.0 Å². The summed E-state index contributed by atoms with van der Waals surface area (Å²) in [5, 5.41) is 0. The molecule has 1 heterocycles. The molecule has 0 bridgehead atoms. The molecule has 1 aliphatic rings. The van der Waals surface area contributed by atoms with E-state index in [9.17, 15) is 4.79 Å². The first-order valence-electron chi connectivity index (χ1n) is 10.2. The zero-order chi connectivity index (χ0) is 21.6. The molecule has 0 saturated carbocycles. The zero-order valence-electron chi connectivity index (χ0n) is 18.0. The molecule has 30 heavy (non-hydrogen) atoms. The summed E-state index contributed by atoms with van der Waals surface area (Å²) in [5.74, 6) is -0.358. The Morgan fingerprint density at radius 2 is 1.83 bits per heavy atom. The fourth-order valence-electron chi connectivity index (χ4n) is 3.47. The normalized spacial score (nSPS) is 19.8. The molecule has 2 aromatic carbocycles. The predicted octanol–water partition coefficient (Wildman–Crippen LogP) is 4.08.